The van der Waals surface area contributed by atoms with E-state index in [0.717, 1.165) is 16.5 Å². The van der Waals surface area contributed by atoms with Gasteiger partial charge in [-0.2, -0.15) is 0 Å². The molecule has 0 saturated carbocycles. The Morgan fingerprint density at radius 1 is 1.14 bits per heavy atom. The van der Waals surface area contributed by atoms with E-state index in [1.54, 1.807) is 24.4 Å². The molecule has 3 aromatic rings. The summed E-state index contributed by atoms with van der Waals surface area (Å²) >= 11 is 5.66. The third-order valence-electron chi connectivity index (χ3n) is 3.15. The third-order valence-corrected chi connectivity index (χ3v) is 3.46. The van der Waals surface area contributed by atoms with Gasteiger partial charge in [0.15, 0.2) is 0 Å². The first kappa shape index (κ1) is 13.6. The number of aromatic nitrogens is 1. The second kappa shape index (κ2) is 5.22. The molecule has 3 nitrogen and oxygen atoms in total. The Morgan fingerprint density at radius 3 is 2.71 bits per heavy atom. The maximum Gasteiger partial charge on any atom is 0.145 e. The van der Waals surface area contributed by atoms with Crippen LogP contribution in [-0.4, -0.2) is 4.98 Å². The van der Waals surface area contributed by atoms with E-state index in [1.807, 2.05) is 13.0 Å². The number of anilines is 1. The molecule has 5 heteroatoms. The SMILES string of the molecule is Cc1cc2c(Oc3ccc(Cl)c(F)c3)ccc(N)c2cn1. The van der Waals surface area contributed by atoms with E-state index in [9.17, 15) is 4.39 Å². The highest BCUT2D eigenvalue weighted by Crippen LogP contribution is 2.34. The van der Waals surface area contributed by atoms with Gasteiger partial charge in [-0.15, -0.1) is 0 Å². The monoisotopic (exact) mass is 302 g/mol. The Bertz CT molecular complexity index is 836. The van der Waals surface area contributed by atoms with Crippen molar-refractivity contribution >= 4 is 28.1 Å². The minimum absolute atomic E-state index is 0.0598. The molecule has 0 saturated heterocycles. The number of hydrogen-bond acceptors (Lipinski definition) is 3. The number of benzene rings is 2. The highest BCUT2D eigenvalue weighted by Gasteiger charge is 2.09. The molecule has 0 bridgehead atoms. The van der Waals surface area contributed by atoms with Crippen LogP contribution in [0, 0.1) is 12.7 Å². The van der Waals surface area contributed by atoms with E-state index in [1.165, 1.54) is 12.1 Å². The number of hydrogen-bond donors (Lipinski definition) is 1. The average molecular weight is 303 g/mol. The van der Waals surface area contributed by atoms with Crippen LogP contribution in [0.1, 0.15) is 5.69 Å². The van der Waals surface area contributed by atoms with Crippen LogP contribution < -0.4 is 10.5 Å². The highest BCUT2D eigenvalue weighted by atomic mass is 35.5. The first-order valence-corrected chi connectivity index (χ1v) is 6.70. The molecule has 0 aliphatic rings. The standard InChI is InChI=1S/C16H12ClFN2O/c1-9-6-11-12(8-20-9)15(19)4-5-16(11)21-10-2-3-13(17)14(18)7-10/h2-8H,19H2,1H3. The molecule has 2 aromatic carbocycles. The molecule has 106 valence electrons. The van der Waals surface area contributed by atoms with Crippen molar-refractivity contribution in [1.29, 1.82) is 0 Å². The Hall–Kier alpha value is -2.33. The van der Waals surface area contributed by atoms with E-state index >= 15 is 0 Å². The van der Waals surface area contributed by atoms with Crippen LogP contribution in [0.3, 0.4) is 0 Å². The number of halogens is 2. The average Bonchev–Trinajstić information content (AvgIpc) is 2.46. The van der Waals surface area contributed by atoms with E-state index < -0.39 is 5.82 Å². The van der Waals surface area contributed by atoms with Gasteiger partial charge in [0.25, 0.3) is 0 Å². The first-order valence-electron chi connectivity index (χ1n) is 6.32. The minimum atomic E-state index is -0.522. The van der Waals surface area contributed by atoms with Gasteiger partial charge >= 0.3 is 0 Å². The Balaban J connectivity index is 2.10. The molecule has 0 unspecified atom stereocenters. The normalized spacial score (nSPS) is 10.8. The number of aryl methyl sites for hydroxylation is 1. The highest BCUT2D eigenvalue weighted by molar-refractivity contribution is 6.30. The second-order valence-corrected chi connectivity index (χ2v) is 5.11. The van der Waals surface area contributed by atoms with Gasteiger partial charge in [0.1, 0.15) is 17.3 Å². The fourth-order valence-electron chi connectivity index (χ4n) is 2.10. The fraction of sp³-hybridized carbons (Fsp3) is 0.0625. The first-order chi connectivity index (χ1) is 10.0. The Kier molecular flexibility index (Phi) is 3.39. The van der Waals surface area contributed by atoms with Crippen molar-refractivity contribution in [2.75, 3.05) is 5.73 Å². The van der Waals surface area contributed by atoms with Gasteiger partial charge in [-0.1, -0.05) is 11.6 Å². The van der Waals surface area contributed by atoms with Gasteiger partial charge in [0, 0.05) is 34.4 Å². The van der Waals surface area contributed by atoms with Gasteiger partial charge in [-0.3, -0.25) is 4.98 Å². The lowest BCUT2D eigenvalue weighted by Gasteiger charge is -2.11. The summed E-state index contributed by atoms with van der Waals surface area (Å²) in [7, 11) is 0. The van der Waals surface area contributed by atoms with Crippen LogP contribution in [0.4, 0.5) is 10.1 Å². The molecule has 3 rings (SSSR count). The molecule has 0 radical (unpaired) electrons. The number of nitrogens with two attached hydrogens (primary N) is 1. The van der Waals surface area contributed by atoms with Crippen molar-refractivity contribution in [3.05, 3.63) is 59.1 Å². The number of pyridine rings is 1. The number of ether oxygens (including phenoxy) is 1. The molecule has 2 N–H and O–H groups in total. The largest absolute Gasteiger partial charge is 0.457 e. The summed E-state index contributed by atoms with van der Waals surface area (Å²) in [6.07, 6.45) is 1.70. The molecule has 0 spiro atoms. The Labute approximate surface area is 126 Å². The maximum atomic E-state index is 13.5. The van der Waals surface area contributed by atoms with E-state index in [0.29, 0.717) is 17.2 Å². The van der Waals surface area contributed by atoms with Crippen LogP contribution in [0.5, 0.6) is 11.5 Å². The van der Waals surface area contributed by atoms with Gasteiger partial charge in [0.2, 0.25) is 0 Å². The minimum Gasteiger partial charge on any atom is -0.457 e. The van der Waals surface area contributed by atoms with Crippen molar-refractivity contribution in [3.8, 4) is 11.5 Å². The molecule has 1 aromatic heterocycles. The van der Waals surface area contributed by atoms with Crippen molar-refractivity contribution in [2.45, 2.75) is 6.92 Å². The zero-order valence-corrected chi connectivity index (χ0v) is 12.0. The topological polar surface area (TPSA) is 48.1 Å². The van der Waals surface area contributed by atoms with Crippen molar-refractivity contribution in [1.82, 2.24) is 4.98 Å². The predicted octanol–water partition coefficient (Wildman–Crippen LogP) is 4.71. The smallest absolute Gasteiger partial charge is 0.145 e. The fourth-order valence-corrected chi connectivity index (χ4v) is 2.21. The zero-order valence-electron chi connectivity index (χ0n) is 11.2. The van der Waals surface area contributed by atoms with Crippen molar-refractivity contribution < 1.29 is 9.13 Å². The number of rotatable bonds is 2. The van der Waals surface area contributed by atoms with Gasteiger partial charge < -0.3 is 10.5 Å². The molecule has 1 heterocycles. The van der Waals surface area contributed by atoms with Crippen molar-refractivity contribution in [2.24, 2.45) is 0 Å². The van der Waals surface area contributed by atoms with E-state index in [4.69, 9.17) is 22.1 Å². The van der Waals surface area contributed by atoms with Gasteiger partial charge in [-0.25, -0.2) is 4.39 Å². The summed E-state index contributed by atoms with van der Waals surface area (Å²) in [6.45, 7) is 1.88. The molecule has 0 atom stereocenters. The summed E-state index contributed by atoms with van der Waals surface area (Å²) in [5.41, 5.74) is 7.40. The molecule has 21 heavy (non-hydrogen) atoms. The quantitative estimate of drug-likeness (QED) is 0.697. The molecular weight excluding hydrogens is 291 g/mol. The number of nitrogen functional groups attached to an aromatic ring is 1. The van der Waals surface area contributed by atoms with E-state index in [2.05, 4.69) is 4.98 Å². The number of fused-ring (bicyclic) bond motifs is 1. The summed E-state index contributed by atoms with van der Waals surface area (Å²) in [6, 6.07) is 9.69. The van der Waals surface area contributed by atoms with Crippen LogP contribution in [0.2, 0.25) is 5.02 Å². The van der Waals surface area contributed by atoms with Crippen LogP contribution in [0.15, 0.2) is 42.6 Å². The lowest BCUT2D eigenvalue weighted by Crippen LogP contribution is -1.93. The summed E-state index contributed by atoms with van der Waals surface area (Å²) in [4.78, 5) is 4.23. The van der Waals surface area contributed by atoms with Crippen molar-refractivity contribution in [3.63, 3.8) is 0 Å². The molecule has 0 fully saturated rings. The zero-order chi connectivity index (χ0) is 15.0. The number of nitrogens with zero attached hydrogens (tertiary/aromatic N) is 1. The molecule has 0 amide bonds. The van der Waals surface area contributed by atoms with Crippen LogP contribution in [0.25, 0.3) is 10.8 Å². The summed E-state index contributed by atoms with van der Waals surface area (Å²) in [5.74, 6) is 0.440. The third kappa shape index (κ3) is 2.62. The molecular formula is C16H12ClFN2O. The molecule has 0 aliphatic carbocycles. The Morgan fingerprint density at radius 2 is 1.95 bits per heavy atom. The van der Waals surface area contributed by atoms with Gasteiger partial charge in [-0.05, 0) is 37.3 Å². The molecule has 0 aliphatic heterocycles. The summed E-state index contributed by atoms with van der Waals surface area (Å²) in [5, 5.41) is 1.69. The summed E-state index contributed by atoms with van der Waals surface area (Å²) < 4.78 is 19.2. The van der Waals surface area contributed by atoms with Crippen LogP contribution in [-0.2, 0) is 0 Å². The predicted molar refractivity (Wildman–Crippen MR) is 82.4 cm³/mol. The second-order valence-electron chi connectivity index (χ2n) is 4.70. The lowest BCUT2D eigenvalue weighted by molar-refractivity contribution is 0.482. The van der Waals surface area contributed by atoms with Gasteiger partial charge in [0.05, 0.1) is 5.02 Å². The van der Waals surface area contributed by atoms with E-state index in [-0.39, 0.29) is 5.02 Å². The lowest BCUT2D eigenvalue weighted by atomic mass is 10.1. The maximum absolute atomic E-state index is 13.5. The van der Waals surface area contributed by atoms with Crippen LogP contribution >= 0.6 is 11.6 Å².